The molecule has 0 heterocycles. The molecule has 6 N–H and O–H groups in total. The Hall–Kier alpha value is -1.59. The molecule has 2 amide bonds. The van der Waals surface area contributed by atoms with Crippen molar-refractivity contribution in [3.05, 3.63) is 0 Å². The second kappa shape index (κ2) is 9.44. The van der Waals surface area contributed by atoms with Crippen LogP contribution in [0.3, 0.4) is 0 Å². The van der Waals surface area contributed by atoms with Crippen LogP contribution in [0.1, 0.15) is 51.9 Å². The third-order valence-corrected chi connectivity index (χ3v) is 2.61. The molecule has 0 radical (unpaired) electrons. The number of hydrogen-bond donors (Lipinski definition) is 4. The van der Waals surface area contributed by atoms with E-state index in [2.05, 4.69) is 12.2 Å². The predicted octanol–water partition coefficient (Wildman–Crippen LogP) is 0.643. The molecule has 0 aromatic carbocycles. The lowest BCUT2D eigenvalue weighted by atomic mass is 10.1. The van der Waals surface area contributed by atoms with Crippen molar-refractivity contribution in [2.45, 2.75) is 57.9 Å². The number of amidine groups is 1. The Balaban J connectivity index is 3.88. The number of carbonyl (C=O) groups excluding carboxylic acids is 2. The van der Waals surface area contributed by atoms with E-state index in [0.717, 1.165) is 25.7 Å². The minimum atomic E-state index is -0.870. The zero-order valence-corrected chi connectivity index (χ0v) is 11.0. The Kier molecular flexibility index (Phi) is 8.61. The van der Waals surface area contributed by atoms with Gasteiger partial charge >= 0.3 is 0 Å². The standard InChI is InChI=1S/C12H24N4O2/c1-2-3-4-5-6-7-11(17)16-9(12(15)18)8-10(13)14/h9H,2-8H2,1H3,(H3,13,14)(H2,15,18)(H,16,17)/t9-/m1/s1. The molecule has 0 fully saturated rings. The quantitative estimate of drug-likeness (QED) is 0.260. The van der Waals surface area contributed by atoms with Crippen molar-refractivity contribution < 1.29 is 9.59 Å². The highest BCUT2D eigenvalue weighted by Gasteiger charge is 2.18. The molecule has 0 aliphatic rings. The van der Waals surface area contributed by atoms with Gasteiger partial charge in [-0.2, -0.15) is 0 Å². The summed E-state index contributed by atoms with van der Waals surface area (Å²) in [7, 11) is 0. The minimum absolute atomic E-state index is 0.0308. The van der Waals surface area contributed by atoms with Crippen LogP contribution in [0.2, 0.25) is 0 Å². The van der Waals surface area contributed by atoms with Gasteiger partial charge in [0.05, 0.1) is 5.84 Å². The summed E-state index contributed by atoms with van der Waals surface area (Å²) in [5.74, 6) is -1.04. The van der Waals surface area contributed by atoms with Crippen LogP contribution in [-0.2, 0) is 9.59 Å². The van der Waals surface area contributed by atoms with Gasteiger partial charge in [0.15, 0.2) is 0 Å². The smallest absolute Gasteiger partial charge is 0.240 e. The van der Waals surface area contributed by atoms with Gasteiger partial charge in [-0.25, -0.2) is 0 Å². The van der Waals surface area contributed by atoms with Gasteiger partial charge in [-0.05, 0) is 6.42 Å². The lowest BCUT2D eigenvalue weighted by molar-refractivity contribution is -0.127. The second-order valence-electron chi connectivity index (χ2n) is 4.42. The largest absolute Gasteiger partial charge is 0.388 e. The number of carbonyl (C=O) groups is 2. The van der Waals surface area contributed by atoms with E-state index in [-0.39, 0.29) is 18.2 Å². The summed E-state index contributed by atoms with van der Waals surface area (Å²) < 4.78 is 0. The number of unbranched alkanes of at least 4 members (excludes halogenated alkanes) is 4. The van der Waals surface area contributed by atoms with Gasteiger partial charge in [0.1, 0.15) is 6.04 Å². The van der Waals surface area contributed by atoms with Gasteiger partial charge in [0.25, 0.3) is 0 Å². The molecule has 0 aliphatic heterocycles. The predicted molar refractivity (Wildman–Crippen MR) is 71.0 cm³/mol. The monoisotopic (exact) mass is 256 g/mol. The first-order valence-corrected chi connectivity index (χ1v) is 6.39. The summed E-state index contributed by atoms with van der Waals surface area (Å²) in [6.45, 7) is 2.13. The first-order chi connectivity index (χ1) is 8.47. The van der Waals surface area contributed by atoms with E-state index in [4.69, 9.17) is 16.9 Å². The van der Waals surface area contributed by atoms with E-state index in [1.807, 2.05) is 0 Å². The van der Waals surface area contributed by atoms with Gasteiger partial charge in [-0.15, -0.1) is 0 Å². The van der Waals surface area contributed by atoms with Gasteiger partial charge in [-0.1, -0.05) is 32.6 Å². The van der Waals surface area contributed by atoms with Crippen molar-refractivity contribution >= 4 is 17.6 Å². The Morgan fingerprint density at radius 2 is 1.78 bits per heavy atom. The van der Waals surface area contributed by atoms with Gasteiger partial charge in [-0.3, -0.25) is 15.0 Å². The van der Waals surface area contributed by atoms with Crippen molar-refractivity contribution in [2.75, 3.05) is 0 Å². The number of nitrogens with one attached hydrogen (secondary N) is 2. The van der Waals surface area contributed by atoms with Crippen LogP contribution in [0.4, 0.5) is 0 Å². The average Bonchev–Trinajstić information content (AvgIpc) is 2.27. The maximum absolute atomic E-state index is 11.5. The summed E-state index contributed by atoms with van der Waals surface area (Å²) in [5, 5.41) is 9.60. The Morgan fingerprint density at radius 3 is 2.28 bits per heavy atom. The van der Waals surface area contributed by atoms with Crippen LogP contribution in [0.25, 0.3) is 0 Å². The molecule has 18 heavy (non-hydrogen) atoms. The lowest BCUT2D eigenvalue weighted by Gasteiger charge is -2.14. The summed E-state index contributed by atoms with van der Waals surface area (Å²) in [6.07, 6.45) is 5.62. The van der Waals surface area contributed by atoms with Crippen molar-refractivity contribution in [1.82, 2.24) is 5.32 Å². The molecule has 0 bridgehead atoms. The van der Waals surface area contributed by atoms with E-state index in [1.165, 1.54) is 6.42 Å². The van der Waals surface area contributed by atoms with Crippen molar-refractivity contribution in [1.29, 1.82) is 5.41 Å². The summed E-state index contributed by atoms with van der Waals surface area (Å²) in [5.41, 5.74) is 10.3. The molecule has 0 unspecified atom stereocenters. The van der Waals surface area contributed by atoms with Gasteiger partial charge in [0.2, 0.25) is 11.8 Å². The maximum Gasteiger partial charge on any atom is 0.240 e. The number of primary amides is 1. The van der Waals surface area contributed by atoms with Crippen molar-refractivity contribution in [3.8, 4) is 0 Å². The Bertz CT molecular complexity index is 292. The van der Waals surface area contributed by atoms with E-state index < -0.39 is 11.9 Å². The molecule has 0 spiro atoms. The van der Waals surface area contributed by atoms with Crippen molar-refractivity contribution in [2.24, 2.45) is 11.5 Å². The topological polar surface area (TPSA) is 122 Å². The minimum Gasteiger partial charge on any atom is -0.388 e. The fraction of sp³-hybridized carbons (Fsp3) is 0.750. The number of amides is 2. The van der Waals surface area contributed by atoms with E-state index in [9.17, 15) is 9.59 Å². The summed E-state index contributed by atoms with van der Waals surface area (Å²) >= 11 is 0. The third kappa shape index (κ3) is 8.55. The van der Waals surface area contributed by atoms with Gasteiger partial charge < -0.3 is 16.8 Å². The molecule has 0 rings (SSSR count). The number of rotatable bonds is 10. The van der Waals surface area contributed by atoms with E-state index in [0.29, 0.717) is 6.42 Å². The number of nitrogens with two attached hydrogens (primary N) is 2. The zero-order valence-electron chi connectivity index (χ0n) is 11.0. The van der Waals surface area contributed by atoms with Crippen LogP contribution in [-0.4, -0.2) is 23.7 Å². The highest BCUT2D eigenvalue weighted by molar-refractivity contribution is 5.91. The maximum atomic E-state index is 11.5. The molecule has 0 aliphatic carbocycles. The van der Waals surface area contributed by atoms with Crippen LogP contribution >= 0.6 is 0 Å². The third-order valence-electron chi connectivity index (χ3n) is 2.61. The molecule has 0 saturated carbocycles. The molecular formula is C12H24N4O2. The zero-order chi connectivity index (χ0) is 14.0. The second-order valence-corrected chi connectivity index (χ2v) is 4.42. The van der Waals surface area contributed by atoms with Crippen LogP contribution in [0, 0.1) is 5.41 Å². The molecule has 6 heteroatoms. The molecule has 0 aromatic heterocycles. The van der Waals surface area contributed by atoms with E-state index >= 15 is 0 Å². The first-order valence-electron chi connectivity index (χ1n) is 6.39. The van der Waals surface area contributed by atoms with Crippen LogP contribution in [0.15, 0.2) is 0 Å². The molecular weight excluding hydrogens is 232 g/mol. The molecule has 1 atom stereocenters. The summed E-state index contributed by atoms with van der Waals surface area (Å²) in [6, 6.07) is -0.870. The normalized spacial score (nSPS) is 11.8. The average molecular weight is 256 g/mol. The molecule has 0 aromatic rings. The van der Waals surface area contributed by atoms with Crippen LogP contribution < -0.4 is 16.8 Å². The Labute approximate surface area is 108 Å². The first kappa shape index (κ1) is 16.4. The van der Waals surface area contributed by atoms with Crippen LogP contribution in [0.5, 0.6) is 0 Å². The fourth-order valence-electron chi connectivity index (χ4n) is 1.60. The van der Waals surface area contributed by atoms with Crippen molar-refractivity contribution in [3.63, 3.8) is 0 Å². The Morgan fingerprint density at radius 1 is 1.17 bits per heavy atom. The van der Waals surface area contributed by atoms with Gasteiger partial charge in [0, 0.05) is 12.8 Å². The SMILES string of the molecule is CCCCCCCC(=O)N[C@H](CC(=N)N)C(N)=O. The summed E-state index contributed by atoms with van der Waals surface area (Å²) in [4.78, 5) is 22.6. The van der Waals surface area contributed by atoms with E-state index in [1.54, 1.807) is 0 Å². The molecule has 6 nitrogen and oxygen atoms in total. The lowest BCUT2D eigenvalue weighted by Crippen LogP contribution is -2.46. The highest BCUT2D eigenvalue weighted by Crippen LogP contribution is 2.05. The highest BCUT2D eigenvalue weighted by atomic mass is 16.2. The molecule has 104 valence electrons. The number of hydrogen-bond acceptors (Lipinski definition) is 3. The fourth-order valence-corrected chi connectivity index (χ4v) is 1.60. The molecule has 0 saturated heterocycles.